The first-order valence-corrected chi connectivity index (χ1v) is 13.4. The van der Waals surface area contributed by atoms with E-state index in [-0.39, 0.29) is 12.1 Å². The molecule has 2 aliphatic rings. The Balaban J connectivity index is 1.65. The van der Waals surface area contributed by atoms with Gasteiger partial charge in [-0.25, -0.2) is 0 Å². The summed E-state index contributed by atoms with van der Waals surface area (Å²) in [6.45, 7) is 2.19. The molecule has 0 aromatic heterocycles. The van der Waals surface area contributed by atoms with E-state index in [9.17, 15) is 31.1 Å². The van der Waals surface area contributed by atoms with E-state index in [4.69, 9.17) is 10.5 Å². The molecule has 2 heterocycles. The average Bonchev–Trinajstić information content (AvgIpc) is 2.87. The minimum Gasteiger partial charge on any atom is -0.382 e. The van der Waals surface area contributed by atoms with Crippen molar-refractivity contribution in [3.63, 3.8) is 0 Å². The number of nitrogens with one attached hydrogen (secondary N) is 1. The van der Waals surface area contributed by atoms with Gasteiger partial charge >= 0.3 is 12.4 Å². The molecule has 2 aliphatic heterocycles. The van der Waals surface area contributed by atoms with Crippen molar-refractivity contribution in [1.82, 2.24) is 4.90 Å². The second-order valence-electron chi connectivity index (χ2n) is 9.57. The summed E-state index contributed by atoms with van der Waals surface area (Å²) < 4.78 is 90.4. The van der Waals surface area contributed by atoms with E-state index < -0.39 is 39.7 Å². The summed E-state index contributed by atoms with van der Waals surface area (Å²) in [7, 11) is 0. The highest BCUT2D eigenvalue weighted by Gasteiger charge is 2.47. The van der Waals surface area contributed by atoms with E-state index in [0.29, 0.717) is 61.5 Å². The summed E-state index contributed by atoms with van der Waals surface area (Å²) in [6, 6.07) is 8.37. The second kappa shape index (κ2) is 12.2. The Labute approximate surface area is 226 Å². The fourth-order valence-corrected chi connectivity index (χ4v) is 5.68. The summed E-state index contributed by atoms with van der Waals surface area (Å²) in [5, 5.41) is 3.30. The molecule has 3 N–H and O–H groups in total. The van der Waals surface area contributed by atoms with Crippen LogP contribution in [0.4, 0.5) is 32.0 Å². The predicted molar refractivity (Wildman–Crippen MR) is 137 cm³/mol. The lowest BCUT2D eigenvalue weighted by Crippen LogP contribution is -2.36. The van der Waals surface area contributed by atoms with Crippen molar-refractivity contribution in [2.75, 3.05) is 31.6 Å². The SMILES string of the molecule is NC1CCN(C=CC(=O)c2ccc(Sc3cccc(NC4CCOCC4)c3)c(C(F)(F)F)c2C(F)(F)F)CC1. The van der Waals surface area contributed by atoms with Gasteiger partial charge in [-0.05, 0) is 56.0 Å². The average molecular weight is 574 g/mol. The van der Waals surface area contributed by atoms with Crippen molar-refractivity contribution in [1.29, 1.82) is 0 Å². The Morgan fingerprint density at radius 3 is 2.28 bits per heavy atom. The molecule has 0 atom stereocenters. The standard InChI is InChI=1S/C27H29F6N3O2S/c28-26(29,30)24-21(22(37)8-13-36-11-6-17(34)7-12-36)4-5-23(25(24)27(31,32)33)39-20-3-1-2-19(16-20)35-18-9-14-38-15-10-18/h1-5,8,13,16-18,35H,6-7,9-12,14-15,34H2. The van der Waals surface area contributed by atoms with Gasteiger partial charge in [0.25, 0.3) is 0 Å². The summed E-state index contributed by atoms with van der Waals surface area (Å²) in [5.74, 6) is -1.15. The molecule has 0 spiro atoms. The van der Waals surface area contributed by atoms with Gasteiger partial charge in [0.05, 0.1) is 11.1 Å². The van der Waals surface area contributed by atoms with Gasteiger partial charge in [0.15, 0.2) is 5.78 Å². The van der Waals surface area contributed by atoms with Crippen LogP contribution in [0.1, 0.15) is 47.2 Å². The number of carbonyl (C=O) groups is 1. The van der Waals surface area contributed by atoms with Crippen LogP contribution >= 0.6 is 11.8 Å². The van der Waals surface area contributed by atoms with Crippen molar-refractivity contribution in [2.45, 2.75) is 59.9 Å². The molecule has 4 rings (SSSR count). The van der Waals surface area contributed by atoms with E-state index in [1.165, 1.54) is 12.3 Å². The Morgan fingerprint density at radius 2 is 1.64 bits per heavy atom. The number of hydrogen-bond donors (Lipinski definition) is 2. The monoisotopic (exact) mass is 573 g/mol. The van der Waals surface area contributed by atoms with Crippen LogP contribution in [0.3, 0.4) is 0 Å². The van der Waals surface area contributed by atoms with Crippen LogP contribution < -0.4 is 11.1 Å². The fraction of sp³-hybridized carbons (Fsp3) is 0.444. The normalized spacial score (nSPS) is 18.1. The van der Waals surface area contributed by atoms with Crippen LogP contribution in [0, 0.1) is 0 Å². The maximum absolute atomic E-state index is 14.2. The topological polar surface area (TPSA) is 67.6 Å². The van der Waals surface area contributed by atoms with Gasteiger partial charge < -0.3 is 20.7 Å². The lowest BCUT2D eigenvalue weighted by molar-refractivity contribution is -0.163. The number of ketones is 1. The number of hydrogen-bond acceptors (Lipinski definition) is 6. The third kappa shape index (κ3) is 7.70. The maximum atomic E-state index is 14.2. The predicted octanol–water partition coefficient (Wildman–Crippen LogP) is 6.59. The minimum atomic E-state index is -5.41. The quantitative estimate of drug-likeness (QED) is 0.222. The number of anilines is 1. The molecule has 0 radical (unpaired) electrons. The first-order chi connectivity index (χ1) is 18.4. The number of benzene rings is 2. The summed E-state index contributed by atoms with van der Waals surface area (Å²) in [6.07, 6.45) is -5.75. The molecular weight excluding hydrogens is 544 g/mol. The van der Waals surface area contributed by atoms with Crippen LogP contribution in [-0.4, -0.2) is 49.1 Å². The molecule has 2 aromatic rings. The highest BCUT2D eigenvalue weighted by molar-refractivity contribution is 7.99. The zero-order chi connectivity index (χ0) is 28.2. The Hall–Kier alpha value is -2.70. The number of alkyl halides is 6. The fourth-order valence-electron chi connectivity index (χ4n) is 4.64. The van der Waals surface area contributed by atoms with Crippen LogP contribution in [0.2, 0.25) is 0 Å². The number of rotatable bonds is 7. The van der Waals surface area contributed by atoms with Gasteiger partial charge in [-0.3, -0.25) is 4.79 Å². The second-order valence-corrected chi connectivity index (χ2v) is 10.7. The molecule has 5 nitrogen and oxygen atoms in total. The Bertz CT molecular complexity index is 1190. The zero-order valence-electron chi connectivity index (χ0n) is 20.9. The van der Waals surface area contributed by atoms with Crippen molar-refractivity contribution in [3.8, 4) is 0 Å². The lowest BCUT2D eigenvalue weighted by atomic mass is 9.96. The van der Waals surface area contributed by atoms with Crippen molar-refractivity contribution < 1.29 is 35.9 Å². The van der Waals surface area contributed by atoms with Gasteiger partial charge in [-0.15, -0.1) is 0 Å². The van der Waals surface area contributed by atoms with Crippen molar-refractivity contribution >= 4 is 23.2 Å². The molecule has 2 fully saturated rings. The van der Waals surface area contributed by atoms with Crippen molar-refractivity contribution in [3.05, 3.63) is 65.4 Å². The molecule has 0 unspecified atom stereocenters. The minimum absolute atomic E-state index is 0.0000870. The molecular formula is C27H29F6N3O2S. The van der Waals surface area contributed by atoms with Gasteiger partial charge in [0.1, 0.15) is 0 Å². The molecule has 212 valence electrons. The molecule has 2 aromatic carbocycles. The molecule has 39 heavy (non-hydrogen) atoms. The maximum Gasteiger partial charge on any atom is 0.418 e. The summed E-state index contributed by atoms with van der Waals surface area (Å²) in [4.78, 5) is 14.2. The highest BCUT2D eigenvalue weighted by atomic mass is 32.2. The number of ether oxygens (including phenoxy) is 1. The number of carbonyl (C=O) groups excluding carboxylic acids is 1. The molecule has 0 amide bonds. The number of nitrogens with zero attached hydrogens (tertiary/aromatic N) is 1. The first-order valence-electron chi connectivity index (χ1n) is 12.6. The molecule has 2 saturated heterocycles. The van der Waals surface area contributed by atoms with E-state index in [0.717, 1.165) is 31.1 Å². The van der Waals surface area contributed by atoms with E-state index in [1.807, 2.05) is 0 Å². The lowest BCUT2D eigenvalue weighted by Gasteiger charge is -2.28. The molecule has 0 bridgehead atoms. The number of nitrogens with two attached hydrogens (primary N) is 1. The van der Waals surface area contributed by atoms with Crippen LogP contribution in [0.5, 0.6) is 0 Å². The van der Waals surface area contributed by atoms with Crippen LogP contribution in [-0.2, 0) is 17.1 Å². The van der Waals surface area contributed by atoms with Crippen LogP contribution in [0.25, 0.3) is 0 Å². The third-order valence-electron chi connectivity index (χ3n) is 6.66. The van der Waals surface area contributed by atoms with E-state index in [2.05, 4.69) is 5.32 Å². The number of likely N-dealkylation sites (tertiary alicyclic amines) is 1. The molecule has 0 saturated carbocycles. The smallest absolute Gasteiger partial charge is 0.382 e. The number of halogens is 6. The van der Waals surface area contributed by atoms with Gasteiger partial charge in [-0.2, -0.15) is 26.3 Å². The van der Waals surface area contributed by atoms with Gasteiger partial charge in [0, 0.05) is 71.7 Å². The van der Waals surface area contributed by atoms with Crippen LogP contribution in [0.15, 0.2) is 58.5 Å². The van der Waals surface area contributed by atoms with Crippen molar-refractivity contribution in [2.24, 2.45) is 5.73 Å². The van der Waals surface area contributed by atoms with Gasteiger partial charge in [0.2, 0.25) is 0 Å². The zero-order valence-corrected chi connectivity index (χ0v) is 21.8. The van der Waals surface area contributed by atoms with Gasteiger partial charge in [-0.1, -0.05) is 17.8 Å². The summed E-state index contributed by atoms with van der Waals surface area (Å²) in [5.41, 5.74) is 1.58. The Kier molecular flexibility index (Phi) is 9.18. The van der Waals surface area contributed by atoms with E-state index in [1.54, 1.807) is 23.1 Å². The first kappa shape index (κ1) is 29.3. The molecule has 12 heteroatoms. The largest absolute Gasteiger partial charge is 0.418 e. The highest BCUT2D eigenvalue weighted by Crippen LogP contribution is 2.48. The number of allylic oxidation sites excluding steroid dienone is 1. The summed E-state index contributed by atoms with van der Waals surface area (Å²) >= 11 is 0.570. The third-order valence-corrected chi connectivity index (χ3v) is 7.71. The number of piperidine rings is 1. The van der Waals surface area contributed by atoms with E-state index >= 15 is 0 Å². The molecule has 0 aliphatic carbocycles. The Morgan fingerprint density at radius 1 is 0.974 bits per heavy atom.